The average molecular weight is 449 g/mol. The fourth-order valence-corrected chi connectivity index (χ4v) is 4.75. The second-order valence-corrected chi connectivity index (χ2v) is 8.75. The van der Waals surface area contributed by atoms with Crippen molar-refractivity contribution in [2.75, 3.05) is 26.2 Å². The number of aliphatic hydroxyl groups is 1. The molecule has 0 bridgehead atoms. The summed E-state index contributed by atoms with van der Waals surface area (Å²) < 4.78 is 42.1. The largest absolute Gasteiger partial charge is 0.421 e. The summed E-state index contributed by atoms with van der Waals surface area (Å²) in [5, 5.41) is 11.4. The number of halogens is 3. The van der Waals surface area contributed by atoms with Crippen LogP contribution in [0.3, 0.4) is 0 Å². The van der Waals surface area contributed by atoms with Gasteiger partial charge in [-0.1, -0.05) is 42.5 Å². The number of hydrogen-bond donors (Lipinski definition) is 1. The van der Waals surface area contributed by atoms with Crippen LogP contribution in [-0.2, 0) is 16.9 Å². The first-order chi connectivity index (χ1) is 14.8. The lowest BCUT2D eigenvalue weighted by Gasteiger charge is -2.37. The van der Waals surface area contributed by atoms with Gasteiger partial charge in [-0.3, -0.25) is 9.69 Å². The zero-order valence-electron chi connectivity index (χ0n) is 16.7. The van der Waals surface area contributed by atoms with Gasteiger partial charge in [0.1, 0.15) is 5.01 Å². The number of aromatic nitrogens is 1. The lowest BCUT2D eigenvalue weighted by molar-refractivity contribution is -0.268. The Bertz CT molecular complexity index is 1020. The molecule has 5 nitrogen and oxygen atoms in total. The molecule has 1 atom stereocenters. The Labute approximate surface area is 181 Å². The smallest absolute Gasteiger partial charge is 0.376 e. The number of rotatable bonds is 5. The van der Waals surface area contributed by atoms with Crippen molar-refractivity contribution in [3.05, 3.63) is 65.2 Å². The topological polar surface area (TPSA) is 56.7 Å². The molecule has 31 heavy (non-hydrogen) atoms. The molecule has 4 rings (SSSR count). The molecule has 0 aliphatic carbocycles. The van der Waals surface area contributed by atoms with Gasteiger partial charge in [-0.2, -0.15) is 13.2 Å². The van der Waals surface area contributed by atoms with Gasteiger partial charge in [-0.05, 0) is 17.7 Å². The Morgan fingerprint density at radius 2 is 1.65 bits per heavy atom. The van der Waals surface area contributed by atoms with Crippen molar-refractivity contribution in [2.24, 2.45) is 0 Å². The van der Waals surface area contributed by atoms with E-state index in [0.717, 1.165) is 15.2 Å². The molecule has 0 spiro atoms. The Kier molecular flexibility index (Phi) is 6.00. The van der Waals surface area contributed by atoms with E-state index in [4.69, 9.17) is 0 Å². The first kappa shape index (κ1) is 21.7. The summed E-state index contributed by atoms with van der Waals surface area (Å²) >= 11 is 1.61. The molecule has 1 aliphatic rings. The second-order valence-electron chi connectivity index (χ2n) is 7.63. The lowest BCUT2D eigenvalue weighted by atomic mass is 9.89. The summed E-state index contributed by atoms with van der Waals surface area (Å²) in [4.78, 5) is 20.8. The predicted molar refractivity (Wildman–Crippen MR) is 112 cm³/mol. The van der Waals surface area contributed by atoms with Crippen LogP contribution in [0.5, 0.6) is 0 Å². The molecule has 0 saturated carbocycles. The van der Waals surface area contributed by atoms with Crippen LogP contribution in [0.15, 0.2) is 54.6 Å². The molecule has 9 heteroatoms. The minimum atomic E-state index is -4.96. The third kappa shape index (κ3) is 4.58. The highest BCUT2D eigenvalue weighted by atomic mass is 32.1. The quantitative estimate of drug-likeness (QED) is 0.644. The molecule has 1 N–H and O–H groups in total. The van der Waals surface area contributed by atoms with Crippen molar-refractivity contribution in [3.8, 4) is 0 Å². The van der Waals surface area contributed by atoms with Crippen LogP contribution >= 0.6 is 11.3 Å². The summed E-state index contributed by atoms with van der Waals surface area (Å²) in [7, 11) is 0. The Morgan fingerprint density at radius 3 is 2.29 bits per heavy atom. The molecule has 1 fully saturated rings. The van der Waals surface area contributed by atoms with Crippen molar-refractivity contribution < 1.29 is 23.1 Å². The molecule has 1 saturated heterocycles. The van der Waals surface area contributed by atoms with Gasteiger partial charge in [0.2, 0.25) is 5.91 Å². The lowest BCUT2D eigenvalue weighted by Crippen LogP contribution is -2.52. The van der Waals surface area contributed by atoms with E-state index in [-0.39, 0.29) is 5.56 Å². The predicted octanol–water partition coefficient (Wildman–Crippen LogP) is 3.78. The Morgan fingerprint density at radius 1 is 1.00 bits per heavy atom. The molecule has 2 heterocycles. The summed E-state index contributed by atoms with van der Waals surface area (Å²) in [6, 6.07) is 14.6. The third-order valence-corrected chi connectivity index (χ3v) is 6.57. The van der Waals surface area contributed by atoms with Crippen molar-refractivity contribution in [2.45, 2.75) is 24.7 Å². The van der Waals surface area contributed by atoms with E-state index in [2.05, 4.69) is 9.88 Å². The average Bonchev–Trinajstić information content (AvgIpc) is 3.16. The zero-order chi connectivity index (χ0) is 22.1. The molecular formula is C22H22F3N3O2S. The maximum atomic E-state index is 13.7. The van der Waals surface area contributed by atoms with Crippen LogP contribution in [0.2, 0.25) is 0 Å². The number of carbonyl (C=O) groups is 1. The summed E-state index contributed by atoms with van der Waals surface area (Å²) in [6.45, 7) is 2.34. The van der Waals surface area contributed by atoms with E-state index in [1.807, 2.05) is 24.3 Å². The third-order valence-electron chi connectivity index (χ3n) is 5.55. The minimum Gasteiger partial charge on any atom is -0.376 e. The van der Waals surface area contributed by atoms with Crippen LogP contribution in [0.4, 0.5) is 13.2 Å². The monoisotopic (exact) mass is 449 g/mol. The van der Waals surface area contributed by atoms with Crippen LogP contribution in [0.1, 0.15) is 17.0 Å². The van der Waals surface area contributed by atoms with Crippen molar-refractivity contribution >= 4 is 27.5 Å². The number of fused-ring (bicyclic) bond motifs is 1. The molecular weight excluding hydrogens is 427 g/mol. The van der Waals surface area contributed by atoms with Crippen LogP contribution in [0.25, 0.3) is 10.2 Å². The highest BCUT2D eigenvalue weighted by molar-refractivity contribution is 7.18. The number of alkyl halides is 3. The van der Waals surface area contributed by atoms with Crippen LogP contribution < -0.4 is 0 Å². The van der Waals surface area contributed by atoms with Gasteiger partial charge in [-0.25, -0.2) is 4.98 Å². The first-order valence-corrected chi connectivity index (χ1v) is 10.8. The van der Waals surface area contributed by atoms with E-state index < -0.39 is 24.1 Å². The fraction of sp³-hybridized carbons (Fsp3) is 0.364. The summed E-state index contributed by atoms with van der Waals surface area (Å²) in [5.41, 5.74) is -2.59. The van der Waals surface area contributed by atoms with E-state index >= 15 is 0 Å². The highest BCUT2D eigenvalue weighted by Gasteiger charge is 2.56. The maximum absolute atomic E-state index is 13.7. The standard InChI is InChI=1S/C22H22F3N3O2S/c23-22(24,25)21(30,16-6-2-1-3-7-16)14-20(29)28-12-10-27(11-13-28)15-19-26-17-8-4-5-9-18(17)31-19/h1-9,30H,10-15H2/t21-/m1/s1. The normalized spacial score (nSPS) is 17.6. The molecule has 1 aromatic heterocycles. The van der Waals surface area contributed by atoms with Gasteiger partial charge < -0.3 is 10.0 Å². The summed E-state index contributed by atoms with van der Waals surface area (Å²) in [5.74, 6) is -0.705. The number of nitrogens with zero attached hydrogens (tertiary/aromatic N) is 3. The molecule has 3 aromatic rings. The zero-order valence-corrected chi connectivity index (χ0v) is 17.5. The van der Waals surface area contributed by atoms with Gasteiger partial charge in [0.15, 0.2) is 5.60 Å². The van der Waals surface area contributed by atoms with Crippen molar-refractivity contribution in [1.82, 2.24) is 14.8 Å². The van der Waals surface area contributed by atoms with Gasteiger partial charge in [0.05, 0.1) is 23.2 Å². The van der Waals surface area contributed by atoms with Gasteiger partial charge in [0.25, 0.3) is 0 Å². The molecule has 164 valence electrons. The number of piperazine rings is 1. The minimum absolute atomic E-state index is 0.312. The maximum Gasteiger partial charge on any atom is 0.421 e. The number of benzene rings is 2. The Balaban J connectivity index is 1.38. The number of amides is 1. The second kappa shape index (κ2) is 8.57. The van der Waals surface area contributed by atoms with E-state index in [0.29, 0.717) is 32.7 Å². The number of carbonyl (C=O) groups excluding carboxylic acids is 1. The van der Waals surface area contributed by atoms with E-state index in [1.165, 1.54) is 29.2 Å². The number of para-hydroxylation sites is 1. The SMILES string of the molecule is O=C(C[C@@](O)(c1ccccc1)C(F)(F)F)N1CCN(Cc2nc3ccccc3s2)CC1. The number of thiazole rings is 1. The molecule has 1 aliphatic heterocycles. The fourth-order valence-electron chi connectivity index (χ4n) is 3.74. The van der Waals surface area contributed by atoms with Gasteiger partial charge in [-0.15, -0.1) is 11.3 Å². The van der Waals surface area contributed by atoms with Gasteiger partial charge >= 0.3 is 6.18 Å². The van der Waals surface area contributed by atoms with Crippen molar-refractivity contribution in [1.29, 1.82) is 0 Å². The molecule has 0 unspecified atom stereocenters. The van der Waals surface area contributed by atoms with Gasteiger partial charge in [0, 0.05) is 26.2 Å². The molecule has 2 aromatic carbocycles. The molecule has 0 radical (unpaired) electrons. The van der Waals surface area contributed by atoms with E-state index in [1.54, 1.807) is 17.4 Å². The number of hydrogen-bond acceptors (Lipinski definition) is 5. The van der Waals surface area contributed by atoms with Crippen LogP contribution in [0, 0.1) is 0 Å². The van der Waals surface area contributed by atoms with Crippen LogP contribution in [-0.4, -0.2) is 58.2 Å². The van der Waals surface area contributed by atoms with E-state index in [9.17, 15) is 23.1 Å². The highest BCUT2D eigenvalue weighted by Crippen LogP contribution is 2.42. The first-order valence-electron chi connectivity index (χ1n) is 9.95. The molecule has 1 amide bonds. The van der Waals surface area contributed by atoms with Crippen molar-refractivity contribution in [3.63, 3.8) is 0 Å². The Hall–Kier alpha value is -2.49. The summed E-state index contributed by atoms with van der Waals surface area (Å²) in [6.07, 6.45) is -5.99.